The van der Waals surface area contributed by atoms with Crippen LogP contribution >= 0.6 is 39.7 Å². The molecule has 0 aromatic heterocycles. The summed E-state index contributed by atoms with van der Waals surface area (Å²) in [5.74, 6) is 2.81. The van der Waals surface area contributed by atoms with E-state index in [0.717, 1.165) is 30.1 Å². The molecule has 5 nitrogen and oxygen atoms in total. The molecule has 2 unspecified atom stereocenters. The van der Waals surface area contributed by atoms with E-state index in [0.29, 0.717) is 13.2 Å². The van der Waals surface area contributed by atoms with E-state index in [1.54, 1.807) is 13.8 Å². The van der Waals surface area contributed by atoms with Crippen LogP contribution in [0.1, 0.15) is 47.5 Å². The highest BCUT2D eigenvalue weighted by molar-refractivity contribution is 9.10. The van der Waals surface area contributed by atoms with Crippen molar-refractivity contribution in [2.24, 2.45) is 0 Å². The fraction of sp³-hybridized carbons (Fsp3) is 0.938. The maximum Gasteiger partial charge on any atom is 0.322 e. The molecule has 24 heavy (non-hydrogen) atoms. The first kappa shape index (κ1) is 24.5. The predicted molar refractivity (Wildman–Crippen MR) is 106 cm³/mol. The molecule has 8 heteroatoms. The Morgan fingerprint density at radius 3 is 2.42 bits per heavy atom. The quantitative estimate of drug-likeness (QED) is 0.0906. The van der Waals surface area contributed by atoms with Crippen molar-refractivity contribution in [1.82, 2.24) is 0 Å². The zero-order valence-electron chi connectivity index (χ0n) is 15.3. The summed E-state index contributed by atoms with van der Waals surface area (Å²) in [4.78, 5) is 21.6. The maximum atomic E-state index is 11.5. The van der Waals surface area contributed by atoms with Gasteiger partial charge in [0.2, 0.25) is 0 Å². The number of hydrogen-bond donors (Lipinski definition) is 0. The first-order chi connectivity index (χ1) is 11.3. The van der Waals surface area contributed by atoms with Crippen molar-refractivity contribution >= 4 is 45.7 Å². The van der Waals surface area contributed by atoms with Gasteiger partial charge in [-0.1, -0.05) is 15.9 Å². The number of halogens is 1. The van der Waals surface area contributed by atoms with E-state index in [2.05, 4.69) is 15.9 Å². The lowest BCUT2D eigenvalue weighted by molar-refractivity contribution is -0.327. The molecule has 0 N–H and O–H groups in total. The Kier molecular flexibility index (Phi) is 15.0. The van der Waals surface area contributed by atoms with E-state index in [4.69, 9.17) is 18.7 Å². The molecule has 0 amide bonds. The third-order valence-electron chi connectivity index (χ3n) is 2.89. The summed E-state index contributed by atoms with van der Waals surface area (Å²) in [7, 11) is 0. The second-order valence-electron chi connectivity index (χ2n) is 5.76. The average Bonchev–Trinajstić information content (AvgIpc) is 2.52. The summed E-state index contributed by atoms with van der Waals surface area (Å²) >= 11 is 6.63. The largest absolute Gasteiger partial charge is 0.465 e. The zero-order valence-corrected chi connectivity index (χ0v) is 18.6. The fourth-order valence-corrected chi connectivity index (χ4v) is 3.21. The van der Waals surface area contributed by atoms with Crippen molar-refractivity contribution in [3.05, 3.63) is 0 Å². The molecule has 0 radical (unpaired) electrons. The van der Waals surface area contributed by atoms with Crippen molar-refractivity contribution in [3.8, 4) is 0 Å². The number of rotatable bonds is 15. The summed E-state index contributed by atoms with van der Waals surface area (Å²) in [6.45, 7) is 10.4. The molecular weight excluding hydrogens is 416 g/mol. The molecule has 0 bridgehead atoms. The van der Waals surface area contributed by atoms with Crippen LogP contribution in [0.15, 0.2) is 0 Å². The highest BCUT2D eigenvalue weighted by Crippen LogP contribution is 2.18. The standard InChI is InChI=1S/C16H31BrO5S2/c1-6-20-21-13(2)14(3)22-24-12-8-11-23-10-7-9-19-15(18)16(4,5)17/h13-14H,6-12H2,1-5H3. The molecule has 0 aromatic carbocycles. The molecule has 0 aromatic rings. The minimum Gasteiger partial charge on any atom is -0.465 e. The molecular formula is C16H31BrO5S2. The van der Waals surface area contributed by atoms with Crippen molar-refractivity contribution in [1.29, 1.82) is 0 Å². The molecule has 0 aliphatic carbocycles. The van der Waals surface area contributed by atoms with Gasteiger partial charge in [-0.05, 0) is 71.0 Å². The molecule has 2 atom stereocenters. The summed E-state index contributed by atoms with van der Waals surface area (Å²) in [5.41, 5.74) is 0. The summed E-state index contributed by atoms with van der Waals surface area (Å²) in [6.07, 6.45) is 1.87. The van der Waals surface area contributed by atoms with Gasteiger partial charge in [-0.2, -0.15) is 11.8 Å². The molecule has 0 saturated carbocycles. The Balaban J connectivity index is 3.38. The second kappa shape index (κ2) is 14.7. The van der Waals surface area contributed by atoms with Crippen LogP contribution in [-0.4, -0.2) is 53.0 Å². The molecule has 0 aliphatic heterocycles. The number of carbonyl (C=O) groups excluding carboxylic acids is 1. The monoisotopic (exact) mass is 446 g/mol. The summed E-state index contributed by atoms with van der Waals surface area (Å²) in [6, 6.07) is 0. The van der Waals surface area contributed by atoms with Gasteiger partial charge >= 0.3 is 5.97 Å². The van der Waals surface area contributed by atoms with Crippen molar-refractivity contribution in [3.63, 3.8) is 0 Å². The predicted octanol–water partition coefficient (Wildman–Crippen LogP) is 4.63. The lowest BCUT2D eigenvalue weighted by atomic mass is 10.2. The van der Waals surface area contributed by atoms with Gasteiger partial charge in [-0.15, -0.1) is 0 Å². The van der Waals surface area contributed by atoms with Crippen LogP contribution in [0, 0.1) is 0 Å². The van der Waals surface area contributed by atoms with Crippen molar-refractivity contribution in [2.75, 3.05) is 30.5 Å². The number of hydrogen-bond acceptors (Lipinski definition) is 7. The zero-order chi connectivity index (χ0) is 18.4. The lowest BCUT2D eigenvalue weighted by Gasteiger charge is -2.18. The Morgan fingerprint density at radius 1 is 1.12 bits per heavy atom. The normalized spacial score (nSPS) is 14.4. The van der Waals surface area contributed by atoms with Gasteiger partial charge in [0.05, 0.1) is 19.3 Å². The van der Waals surface area contributed by atoms with Crippen LogP contribution < -0.4 is 0 Å². The minimum absolute atomic E-state index is 0.0115. The van der Waals surface area contributed by atoms with Crippen molar-refractivity contribution < 1.29 is 23.5 Å². The summed E-state index contributed by atoms with van der Waals surface area (Å²) < 4.78 is 10.2. The van der Waals surface area contributed by atoms with Gasteiger partial charge in [-0.3, -0.25) is 4.79 Å². The number of thioether (sulfide) groups is 1. The smallest absolute Gasteiger partial charge is 0.322 e. The molecule has 0 aliphatic rings. The Labute approximate surface area is 163 Å². The van der Waals surface area contributed by atoms with Gasteiger partial charge in [-0.25, -0.2) is 9.78 Å². The van der Waals surface area contributed by atoms with Gasteiger partial charge in [0, 0.05) is 5.75 Å². The number of esters is 1. The average molecular weight is 447 g/mol. The van der Waals surface area contributed by atoms with Crippen LogP contribution in [0.4, 0.5) is 0 Å². The van der Waals surface area contributed by atoms with E-state index in [1.807, 2.05) is 32.5 Å². The molecule has 0 heterocycles. The van der Waals surface area contributed by atoms with Crippen LogP contribution in [0.3, 0.4) is 0 Å². The Bertz CT molecular complexity index is 326. The Morgan fingerprint density at radius 2 is 1.79 bits per heavy atom. The van der Waals surface area contributed by atoms with E-state index in [1.165, 1.54) is 12.0 Å². The van der Waals surface area contributed by atoms with Gasteiger partial charge < -0.3 is 8.92 Å². The van der Waals surface area contributed by atoms with E-state index in [-0.39, 0.29) is 18.2 Å². The first-order valence-electron chi connectivity index (χ1n) is 8.29. The number of alkyl halides is 1. The van der Waals surface area contributed by atoms with Crippen LogP contribution in [0.25, 0.3) is 0 Å². The molecule has 0 rings (SSSR count). The third-order valence-corrected chi connectivity index (χ3v) is 5.26. The third kappa shape index (κ3) is 13.8. The summed E-state index contributed by atoms with van der Waals surface area (Å²) in [5, 5.41) is 0. The maximum absolute atomic E-state index is 11.5. The number of carbonyl (C=O) groups is 1. The highest BCUT2D eigenvalue weighted by Gasteiger charge is 2.24. The topological polar surface area (TPSA) is 54.0 Å². The second-order valence-corrected chi connectivity index (χ2v) is 9.80. The van der Waals surface area contributed by atoms with Gasteiger partial charge in [0.25, 0.3) is 0 Å². The van der Waals surface area contributed by atoms with Crippen molar-refractivity contribution in [2.45, 2.75) is 64.0 Å². The molecule has 144 valence electrons. The van der Waals surface area contributed by atoms with E-state index >= 15 is 0 Å². The SMILES string of the molecule is CCOOC(C)C(C)OSCCCSCCCOC(=O)C(C)(C)Br. The van der Waals surface area contributed by atoms with E-state index < -0.39 is 4.32 Å². The van der Waals surface area contributed by atoms with Gasteiger partial charge in [0.15, 0.2) is 0 Å². The molecule has 0 saturated heterocycles. The van der Waals surface area contributed by atoms with E-state index in [9.17, 15) is 4.79 Å². The molecule has 0 fully saturated rings. The Hall–Kier alpha value is 0.530. The highest BCUT2D eigenvalue weighted by atomic mass is 79.9. The molecule has 0 spiro atoms. The van der Waals surface area contributed by atoms with Crippen LogP contribution in [-0.2, 0) is 23.5 Å². The minimum atomic E-state index is -0.598. The first-order valence-corrected chi connectivity index (χ1v) is 11.1. The van der Waals surface area contributed by atoms with Crippen LogP contribution in [0.5, 0.6) is 0 Å². The number of ether oxygens (including phenoxy) is 1. The fourth-order valence-electron chi connectivity index (χ4n) is 1.31. The van der Waals surface area contributed by atoms with Crippen LogP contribution in [0.2, 0.25) is 0 Å². The lowest BCUT2D eigenvalue weighted by Crippen LogP contribution is -2.26. The van der Waals surface area contributed by atoms with Gasteiger partial charge in [0.1, 0.15) is 10.4 Å².